The van der Waals surface area contributed by atoms with Crippen LogP contribution in [0.25, 0.3) is 0 Å². The number of hydrogen-bond donors (Lipinski definition) is 1. The lowest BCUT2D eigenvalue weighted by Crippen LogP contribution is -2.56. The van der Waals surface area contributed by atoms with Crippen molar-refractivity contribution in [3.63, 3.8) is 0 Å². The highest BCUT2D eigenvalue weighted by Gasteiger charge is 2.42. The number of rotatable bonds is 3. The van der Waals surface area contributed by atoms with Crippen molar-refractivity contribution in [2.45, 2.75) is 44.6 Å². The highest BCUT2D eigenvalue weighted by molar-refractivity contribution is 14.0. The molecule has 6 heteroatoms. The number of nitrogens with one attached hydrogen (secondary N) is 1. The van der Waals surface area contributed by atoms with Gasteiger partial charge in [-0.3, -0.25) is 9.89 Å². The zero-order valence-corrected chi connectivity index (χ0v) is 19.0. The van der Waals surface area contributed by atoms with E-state index in [1.807, 2.05) is 7.05 Å². The second-order valence-electron chi connectivity index (χ2n) is 8.96. The maximum atomic E-state index is 4.58. The first-order chi connectivity index (χ1) is 12.2. The fourth-order valence-corrected chi connectivity index (χ4v) is 5.93. The molecular formula is C20H38IN5. The van der Waals surface area contributed by atoms with Gasteiger partial charge in [-0.15, -0.1) is 24.0 Å². The van der Waals surface area contributed by atoms with Crippen LogP contribution in [0.2, 0.25) is 0 Å². The molecular weight excluding hydrogens is 437 g/mol. The molecule has 5 nitrogen and oxygen atoms in total. The predicted octanol–water partition coefficient (Wildman–Crippen LogP) is 2.33. The third kappa shape index (κ3) is 4.66. The maximum Gasteiger partial charge on any atom is 0.193 e. The van der Waals surface area contributed by atoms with Gasteiger partial charge in [0.05, 0.1) is 0 Å². The third-order valence-electron chi connectivity index (χ3n) is 7.27. The van der Waals surface area contributed by atoms with Gasteiger partial charge < -0.3 is 15.1 Å². The fourth-order valence-electron chi connectivity index (χ4n) is 5.93. The molecule has 4 unspecified atom stereocenters. The van der Waals surface area contributed by atoms with E-state index in [9.17, 15) is 0 Å². The van der Waals surface area contributed by atoms with E-state index in [2.05, 4.69) is 32.1 Å². The summed E-state index contributed by atoms with van der Waals surface area (Å²) in [6.07, 6.45) is 8.69. The van der Waals surface area contributed by atoms with Gasteiger partial charge in [0.15, 0.2) is 5.96 Å². The molecule has 26 heavy (non-hydrogen) atoms. The van der Waals surface area contributed by atoms with Crippen molar-refractivity contribution in [2.75, 3.05) is 59.9 Å². The number of nitrogens with zero attached hydrogens (tertiary/aromatic N) is 4. The molecule has 0 aromatic heterocycles. The van der Waals surface area contributed by atoms with Crippen LogP contribution in [0.1, 0.15) is 38.5 Å². The number of piperidine rings is 1. The molecule has 0 spiro atoms. The second kappa shape index (κ2) is 9.41. The number of hydrogen-bond acceptors (Lipinski definition) is 3. The standard InChI is InChI=1S/C20H37N5.HI/c1-21-20(22-14-17-4-3-7-23(2)15-17)25-10-8-24(9-11-25)19-13-16-5-6-18(19)12-16;/h16-19H,3-15H2,1-2H3,(H,21,22);1H. The molecule has 2 saturated heterocycles. The zero-order chi connectivity index (χ0) is 17.2. The number of likely N-dealkylation sites (tertiary alicyclic amines) is 1. The van der Waals surface area contributed by atoms with E-state index in [0.717, 1.165) is 49.4 Å². The first-order valence-electron chi connectivity index (χ1n) is 10.6. The quantitative estimate of drug-likeness (QED) is 0.386. The van der Waals surface area contributed by atoms with Gasteiger partial charge >= 0.3 is 0 Å². The summed E-state index contributed by atoms with van der Waals surface area (Å²) in [7, 11) is 4.19. The summed E-state index contributed by atoms with van der Waals surface area (Å²) in [5.74, 6) is 3.96. The minimum atomic E-state index is 0. The fraction of sp³-hybridized carbons (Fsp3) is 0.950. The lowest BCUT2D eigenvalue weighted by molar-refractivity contribution is 0.0955. The van der Waals surface area contributed by atoms with Gasteiger partial charge in [0.25, 0.3) is 0 Å². The SMILES string of the molecule is CN=C(NCC1CCCN(C)C1)N1CCN(C2CC3CCC2C3)CC1.I. The second-order valence-corrected chi connectivity index (χ2v) is 8.96. The molecule has 0 aromatic carbocycles. The molecule has 4 fully saturated rings. The largest absolute Gasteiger partial charge is 0.356 e. The van der Waals surface area contributed by atoms with Crippen LogP contribution < -0.4 is 5.32 Å². The van der Waals surface area contributed by atoms with E-state index in [0.29, 0.717) is 0 Å². The monoisotopic (exact) mass is 475 g/mol. The predicted molar refractivity (Wildman–Crippen MR) is 119 cm³/mol. The molecule has 4 aliphatic rings. The molecule has 2 aliphatic heterocycles. The molecule has 1 N–H and O–H groups in total. The highest BCUT2D eigenvalue weighted by atomic mass is 127. The van der Waals surface area contributed by atoms with Crippen molar-refractivity contribution < 1.29 is 0 Å². The Hall–Kier alpha value is -0.0800. The van der Waals surface area contributed by atoms with Crippen molar-refractivity contribution in [2.24, 2.45) is 22.7 Å². The summed E-state index contributed by atoms with van der Waals surface area (Å²) in [4.78, 5) is 12.3. The molecule has 0 aromatic rings. The molecule has 0 radical (unpaired) electrons. The van der Waals surface area contributed by atoms with Crippen molar-refractivity contribution in [3.8, 4) is 0 Å². The molecule has 4 atom stereocenters. The van der Waals surface area contributed by atoms with Crippen molar-refractivity contribution >= 4 is 29.9 Å². The number of aliphatic imine (C=N–C) groups is 1. The van der Waals surface area contributed by atoms with Gasteiger partial charge in [-0.25, -0.2) is 0 Å². The van der Waals surface area contributed by atoms with Crippen LogP contribution in [-0.2, 0) is 0 Å². The lowest BCUT2D eigenvalue weighted by Gasteiger charge is -2.42. The normalized spacial score (nSPS) is 36.2. The topological polar surface area (TPSA) is 34.1 Å². The van der Waals surface area contributed by atoms with Crippen LogP contribution >= 0.6 is 24.0 Å². The van der Waals surface area contributed by atoms with E-state index in [1.54, 1.807) is 0 Å². The molecule has 0 amide bonds. The number of guanidine groups is 1. The van der Waals surface area contributed by atoms with Crippen LogP contribution in [-0.4, -0.2) is 86.6 Å². The molecule has 2 bridgehead atoms. The summed E-state index contributed by atoms with van der Waals surface area (Å²) >= 11 is 0. The number of piperazine rings is 1. The Morgan fingerprint density at radius 3 is 2.46 bits per heavy atom. The Balaban J connectivity index is 0.00000196. The average molecular weight is 475 g/mol. The van der Waals surface area contributed by atoms with Gasteiger partial charge in [0, 0.05) is 52.4 Å². The van der Waals surface area contributed by atoms with E-state index in [4.69, 9.17) is 0 Å². The van der Waals surface area contributed by atoms with E-state index in [1.165, 1.54) is 64.7 Å². The van der Waals surface area contributed by atoms with E-state index >= 15 is 0 Å². The van der Waals surface area contributed by atoms with Crippen molar-refractivity contribution in [1.29, 1.82) is 0 Å². The first-order valence-corrected chi connectivity index (χ1v) is 10.6. The highest BCUT2D eigenvalue weighted by Crippen LogP contribution is 2.46. The lowest BCUT2D eigenvalue weighted by atomic mass is 9.93. The Kier molecular flexibility index (Phi) is 7.48. The van der Waals surface area contributed by atoms with Gasteiger partial charge in [0.1, 0.15) is 0 Å². The maximum absolute atomic E-state index is 4.58. The van der Waals surface area contributed by atoms with Crippen LogP contribution in [0.5, 0.6) is 0 Å². The van der Waals surface area contributed by atoms with Gasteiger partial charge in [-0.2, -0.15) is 0 Å². The van der Waals surface area contributed by atoms with Gasteiger partial charge in [0.2, 0.25) is 0 Å². The van der Waals surface area contributed by atoms with Crippen molar-refractivity contribution in [3.05, 3.63) is 0 Å². The Morgan fingerprint density at radius 1 is 1.04 bits per heavy atom. The molecule has 2 heterocycles. The molecule has 2 aliphatic carbocycles. The van der Waals surface area contributed by atoms with Crippen LogP contribution in [0, 0.1) is 17.8 Å². The zero-order valence-electron chi connectivity index (χ0n) is 16.7. The minimum Gasteiger partial charge on any atom is -0.356 e. The smallest absolute Gasteiger partial charge is 0.193 e. The average Bonchev–Trinajstić information content (AvgIpc) is 3.26. The van der Waals surface area contributed by atoms with Crippen molar-refractivity contribution in [1.82, 2.24) is 20.0 Å². The number of fused-ring (bicyclic) bond motifs is 2. The summed E-state index contributed by atoms with van der Waals surface area (Å²) < 4.78 is 0. The van der Waals surface area contributed by atoms with Gasteiger partial charge in [-0.05, 0) is 63.5 Å². The van der Waals surface area contributed by atoms with Crippen LogP contribution in [0.15, 0.2) is 4.99 Å². The summed E-state index contributed by atoms with van der Waals surface area (Å²) in [5.41, 5.74) is 0. The summed E-state index contributed by atoms with van der Waals surface area (Å²) in [6, 6.07) is 0.897. The first kappa shape index (κ1) is 20.6. The minimum absolute atomic E-state index is 0. The Morgan fingerprint density at radius 2 is 1.85 bits per heavy atom. The van der Waals surface area contributed by atoms with E-state index in [-0.39, 0.29) is 24.0 Å². The third-order valence-corrected chi connectivity index (χ3v) is 7.27. The Bertz CT molecular complexity index is 477. The number of halogens is 1. The summed E-state index contributed by atoms with van der Waals surface area (Å²) in [6.45, 7) is 8.28. The Labute approximate surface area is 177 Å². The molecule has 150 valence electrons. The summed E-state index contributed by atoms with van der Waals surface area (Å²) in [5, 5.41) is 3.67. The molecule has 2 saturated carbocycles. The van der Waals surface area contributed by atoms with Gasteiger partial charge in [-0.1, -0.05) is 6.42 Å². The molecule has 4 rings (SSSR count). The van der Waals surface area contributed by atoms with E-state index < -0.39 is 0 Å². The van der Waals surface area contributed by atoms with Crippen LogP contribution in [0.4, 0.5) is 0 Å². The van der Waals surface area contributed by atoms with Crippen LogP contribution in [0.3, 0.4) is 0 Å².